The summed E-state index contributed by atoms with van der Waals surface area (Å²) in [6, 6.07) is 0. The Bertz CT molecular complexity index is 246. The van der Waals surface area contributed by atoms with Crippen LogP contribution < -0.4 is 5.73 Å². The van der Waals surface area contributed by atoms with Crippen LogP contribution in [0.25, 0.3) is 0 Å². The first-order valence-electron chi connectivity index (χ1n) is 3.27. The molecule has 0 aliphatic carbocycles. The predicted molar refractivity (Wildman–Crippen MR) is 41.3 cm³/mol. The highest BCUT2D eigenvalue weighted by atomic mass is 32.2. The van der Waals surface area contributed by atoms with Crippen LogP contribution in [0.2, 0.25) is 0 Å². The molecule has 60 valence electrons. The third-order valence-corrected chi connectivity index (χ3v) is 2.26. The molecule has 5 nitrogen and oxygen atoms in total. The third kappa shape index (κ3) is 1.84. The highest BCUT2D eigenvalue weighted by Gasteiger charge is 2.22. The summed E-state index contributed by atoms with van der Waals surface area (Å²) < 4.78 is 5.02. The predicted octanol–water partition coefficient (Wildman–Crippen LogP) is -0.122. The molecule has 0 aromatic carbocycles. The van der Waals surface area contributed by atoms with Gasteiger partial charge in [0, 0.05) is 5.75 Å². The van der Waals surface area contributed by atoms with Gasteiger partial charge in [-0.2, -0.15) is 4.98 Å². The maximum absolute atomic E-state index is 5.33. The topological polar surface area (TPSA) is 80.1 Å². The van der Waals surface area contributed by atoms with E-state index in [2.05, 4.69) is 15.2 Å². The first-order chi connectivity index (χ1) is 5.34. The molecule has 1 aliphatic rings. The summed E-state index contributed by atoms with van der Waals surface area (Å²) in [5, 5.41) is 7.12. The van der Waals surface area contributed by atoms with Gasteiger partial charge in [-0.3, -0.25) is 0 Å². The first kappa shape index (κ1) is 6.93. The van der Waals surface area contributed by atoms with E-state index >= 15 is 0 Å². The highest BCUT2D eigenvalue weighted by Crippen LogP contribution is 2.20. The normalized spacial score (nSPS) is 22.0. The number of thioether (sulfide) groups is 1. The number of aromatic amines is 1. The molecule has 11 heavy (non-hydrogen) atoms. The number of hydrogen-bond acceptors (Lipinski definition) is 5. The van der Waals surface area contributed by atoms with Crippen molar-refractivity contribution in [2.45, 2.75) is 11.3 Å². The van der Waals surface area contributed by atoms with Crippen molar-refractivity contribution in [1.82, 2.24) is 15.2 Å². The van der Waals surface area contributed by atoms with E-state index in [1.165, 1.54) is 0 Å². The maximum atomic E-state index is 5.33. The second kappa shape index (κ2) is 2.71. The second-order valence-electron chi connectivity index (χ2n) is 2.27. The van der Waals surface area contributed by atoms with E-state index in [0.717, 1.165) is 12.4 Å². The summed E-state index contributed by atoms with van der Waals surface area (Å²) in [7, 11) is 0. The Morgan fingerprint density at radius 1 is 1.82 bits per heavy atom. The molecule has 6 heteroatoms. The second-order valence-corrected chi connectivity index (χ2v) is 3.26. The maximum Gasteiger partial charge on any atom is 0.216 e. The molecule has 0 saturated carbocycles. The van der Waals surface area contributed by atoms with Gasteiger partial charge in [-0.25, -0.2) is 5.10 Å². The van der Waals surface area contributed by atoms with Gasteiger partial charge in [-0.15, -0.1) is 5.10 Å². The molecule has 0 amide bonds. The van der Waals surface area contributed by atoms with Crippen LogP contribution in [0.5, 0.6) is 0 Å². The number of H-pyrrole nitrogens is 1. The van der Waals surface area contributed by atoms with Crippen molar-refractivity contribution in [2.24, 2.45) is 0 Å². The van der Waals surface area contributed by atoms with Crippen molar-refractivity contribution < 1.29 is 4.74 Å². The van der Waals surface area contributed by atoms with Gasteiger partial charge in [0.15, 0.2) is 0 Å². The van der Waals surface area contributed by atoms with Crippen LogP contribution in [-0.2, 0) is 4.74 Å². The lowest BCUT2D eigenvalue weighted by atomic mass is 10.6. The highest BCUT2D eigenvalue weighted by molar-refractivity contribution is 7.99. The van der Waals surface area contributed by atoms with Crippen molar-refractivity contribution in [3.8, 4) is 0 Å². The van der Waals surface area contributed by atoms with Gasteiger partial charge in [-0.1, -0.05) is 11.8 Å². The zero-order valence-electron chi connectivity index (χ0n) is 5.78. The minimum atomic E-state index is 0.365. The Morgan fingerprint density at radius 3 is 3.18 bits per heavy atom. The fourth-order valence-corrected chi connectivity index (χ4v) is 1.45. The van der Waals surface area contributed by atoms with Crippen molar-refractivity contribution in [2.75, 3.05) is 18.1 Å². The van der Waals surface area contributed by atoms with Gasteiger partial charge in [0.1, 0.15) is 0 Å². The van der Waals surface area contributed by atoms with Gasteiger partial charge >= 0.3 is 0 Å². The number of epoxide rings is 1. The number of nitrogens with one attached hydrogen (secondary N) is 1. The third-order valence-electron chi connectivity index (χ3n) is 1.28. The largest absolute Gasteiger partial charge is 0.372 e. The number of anilines is 1. The van der Waals surface area contributed by atoms with Gasteiger partial charge in [-0.05, 0) is 0 Å². The van der Waals surface area contributed by atoms with E-state index in [1.54, 1.807) is 11.8 Å². The number of ether oxygens (including phenoxy) is 1. The standard InChI is InChI=1S/C5H8N4OS/c6-4-7-5(9-8-4)11-2-3-1-10-3/h3H,1-2H2,(H3,6,7,8,9). The molecule has 1 fully saturated rings. The number of nitrogens with two attached hydrogens (primary N) is 1. The van der Waals surface area contributed by atoms with Crippen molar-refractivity contribution in [1.29, 1.82) is 0 Å². The Balaban J connectivity index is 1.85. The Labute approximate surface area is 67.7 Å². The molecular formula is C5H8N4OS. The lowest BCUT2D eigenvalue weighted by Gasteiger charge is -1.88. The lowest BCUT2D eigenvalue weighted by molar-refractivity contribution is 0.426. The summed E-state index contributed by atoms with van der Waals surface area (Å²) >= 11 is 1.55. The Morgan fingerprint density at radius 2 is 2.64 bits per heavy atom. The van der Waals surface area contributed by atoms with E-state index in [1.807, 2.05) is 0 Å². The zero-order chi connectivity index (χ0) is 7.68. The Hall–Kier alpha value is -0.750. The van der Waals surface area contributed by atoms with Gasteiger partial charge in [0.2, 0.25) is 11.1 Å². The summed E-state index contributed by atoms with van der Waals surface area (Å²) in [5.41, 5.74) is 5.33. The summed E-state index contributed by atoms with van der Waals surface area (Å²) in [4.78, 5) is 3.93. The smallest absolute Gasteiger partial charge is 0.216 e. The number of hydrogen-bond donors (Lipinski definition) is 2. The van der Waals surface area contributed by atoms with Gasteiger partial charge < -0.3 is 10.5 Å². The molecule has 1 unspecified atom stereocenters. The van der Waals surface area contributed by atoms with E-state index in [4.69, 9.17) is 10.5 Å². The number of rotatable bonds is 3. The summed E-state index contributed by atoms with van der Waals surface area (Å²) in [6.07, 6.45) is 0.403. The molecule has 2 rings (SSSR count). The number of nitrogens with zero attached hydrogens (tertiary/aromatic N) is 2. The minimum Gasteiger partial charge on any atom is -0.372 e. The molecule has 2 heterocycles. The fourth-order valence-electron chi connectivity index (χ4n) is 0.654. The van der Waals surface area contributed by atoms with Gasteiger partial charge in [0.05, 0.1) is 12.7 Å². The van der Waals surface area contributed by atoms with E-state index in [-0.39, 0.29) is 0 Å². The van der Waals surface area contributed by atoms with Crippen LogP contribution in [0.15, 0.2) is 5.16 Å². The van der Waals surface area contributed by atoms with E-state index < -0.39 is 0 Å². The van der Waals surface area contributed by atoms with E-state index in [0.29, 0.717) is 17.2 Å². The van der Waals surface area contributed by atoms with Gasteiger partial charge in [0.25, 0.3) is 0 Å². The average molecular weight is 172 g/mol. The molecule has 0 radical (unpaired) electrons. The summed E-state index contributed by atoms with van der Waals surface area (Å²) in [6.45, 7) is 0.868. The molecule has 1 aliphatic heterocycles. The van der Waals surface area contributed by atoms with Crippen LogP contribution in [0, 0.1) is 0 Å². The Kier molecular flexibility index (Phi) is 1.71. The van der Waals surface area contributed by atoms with E-state index in [9.17, 15) is 0 Å². The van der Waals surface area contributed by atoms with Crippen LogP contribution in [0.4, 0.5) is 5.95 Å². The fraction of sp³-hybridized carbons (Fsp3) is 0.600. The molecule has 1 aromatic rings. The molecule has 1 atom stereocenters. The van der Waals surface area contributed by atoms with Crippen LogP contribution >= 0.6 is 11.8 Å². The lowest BCUT2D eigenvalue weighted by Crippen LogP contribution is -1.89. The molecule has 3 N–H and O–H groups in total. The van der Waals surface area contributed by atoms with Crippen LogP contribution in [0.1, 0.15) is 0 Å². The molecular weight excluding hydrogens is 164 g/mol. The number of aromatic nitrogens is 3. The van der Waals surface area contributed by atoms with Crippen molar-refractivity contribution in [3.05, 3.63) is 0 Å². The van der Waals surface area contributed by atoms with Crippen LogP contribution in [0.3, 0.4) is 0 Å². The molecule has 0 bridgehead atoms. The average Bonchev–Trinajstić information content (AvgIpc) is 2.72. The number of nitrogen functional groups attached to an aromatic ring is 1. The minimum absolute atomic E-state index is 0.365. The summed E-state index contributed by atoms with van der Waals surface area (Å²) in [5.74, 6) is 1.28. The molecule has 0 spiro atoms. The molecule has 1 saturated heterocycles. The zero-order valence-corrected chi connectivity index (χ0v) is 6.60. The SMILES string of the molecule is Nc1nc(SCC2CO2)n[nH]1. The monoisotopic (exact) mass is 172 g/mol. The first-order valence-corrected chi connectivity index (χ1v) is 4.25. The van der Waals surface area contributed by atoms with Crippen molar-refractivity contribution >= 4 is 17.7 Å². The quantitative estimate of drug-likeness (QED) is 0.490. The van der Waals surface area contributed by atoms with Crippen LogP contribution in [-0.4, -0.2) is 33.6 Å². The molecule has 1 aromatic heterocycles. The van der Waals surface area contributed by atoms with Crippen molar-refractivity contribution in [3.63, 3.8) is 0 Å².